The SMILES string of the molecule is COc1ccccc1C1NC(=O)N(C)C2=C1C(=O)N(CC(=O)N1CCCC1)C2. The van der Waals surface area contributed by atoms with Crippen LogP contribution in [0, 0.1) is 0 Å². The van der Waals surface area contributed by atoms with Crippen molar-refractivity contribution in [3.05, 3.63) is 41.1 Å². The van der Waals surface area contributed by atoms with Crippen LogP contribution in [-0.4, -0.2) is 72.9 Å². The van der Waals surface area contributed by atoms with Crippen LogP contribution in [0.1, 0.15) is 24.4 Å². The van der Waals surface area contributed by atoms with E-state index in [1.54, 1.807) is 25.1 Å². The van der Waals surface area contributed by atoms with E-state index in [0.29, 0.717) is 17.0 Å². The zero-order valence-electron chi connectivity index (χ0n) is 16.1. The van der Waals surface area contributed by atoms with Crippen molar-refractivity contribution in [2.24, 2.45) is 0 Å². The predicted molar refractivity (Wildman–Crippen MR) is 101 cm³/mol. The molecule has 3 heterocycles. The second-order valence-electron chi connectivity index (χ2n) is 7.29. The summed E-state index contributed by atoms with van der Waals surface area (Å²) in [6, 6.07) is 6.44. The number of hydrogen-bond acceptors (Lipinski definition) is 4. The summed E-state index contributed by atoms with van der Waals surface area (Å²) < 4.78 is 5.43. The van der Waals surface area contributed by atoms with E-state index in [1.165, 1.54) is 9.80 Å². The Morgan fingerprint density at radius 3 is 2.64 bits per heavy atom. The number of methoxy groups -OCH3 is 1. The number of nitrogens with one attached hydrogen (secondary N) is 1. The van der Waals surface area contributed by atoms with Crippen molar-refractivity contribution in [3.63, 3.8) is 0 Å². The number of likely N-dealkylation sites (N-methyl/N-ethyl adjacent to an activating group) is 1. The molecule has 1 N–H and O–H groups in total. The van der Waals surface area contributed by atoms with Crippen molar-refractivity contribution < 1.29 is 19.1 Å². The van der Waals surface area contributed by atoms with Crippen LogP contribution in [-0.2, 0) is 9.59 Å². The number of likely N-dealkylation sites (tertiary alicyclic amines) is 1. The summed E-state index contributed by atoms with van der Waals surface area (Å²) in [6.45, 7) is 1.78. The van der Waals surface area contributed by atoms with Crippen molar-refractivity contribution in [1.82, 2.24) is 20.0 Å². The van der Waals surface area contributed by atoms with Crippen LogP contribution in [0.5, 0.6) is 5.75 Å². The first-order valence-corrected chi connectivity index (χ1v) is 9.48. The molecule has 8 nitrogen and oxygen atoms in total. The van der Waals surface area contributed by atoms with Crippen LogP contribution in [0.2, 0.25) is 0 Å². The van der Waals surface area contributed by atoms with E-state index in [2.05, 4.69) is 5.32 Å². The van der Waals surface area contributed by atoms with Crippen molar-refractivity contribution in [1.29, 1.82) is 0 Å². The number of carbonyl (C=O) groups excluding carboxylic acids is 3. The van der Waals surface area contributed by atoms with Gasteiger partial charge in [0.1, 0.15) is 12.3 Å². The summed E-state index contributed by atoms with van der Waals surface area (Å²) >= 11 is 0. The fourth-order valence-electron chi connectivity index (χ4n) is 4.12. The topological polar surface area (TPSA) is 82.2 Å². The molecule has 4 amide bonds. The molecule has 0 aliphatic carbocycles. The zero-order chi connectivity index (χ0) is 19.8. The van der Waals surface area contributed by atoms with E-state index in [0.717, 1.165) is 31.5 Å². The average Bonchev–Trinajstić information content (AvgIpc) is 3.34. The molecule has 1 aromatic rings. The predicted octanol–water partition coefficient (Wildman–Crippen LogP) is 1.11. The van der Waals surface area contributed by atoms with Crippen molar-refractivity contribution in [2.75, 3.05) is 40.3 Å². The summed E-state index contributed by atoms with van der Waals surface area (Å²) in [5, 5.41) is 2.89. The fourth-order valence-corrected chi connectivity index (χ4v) is 4.12. The van der Waals surface area contributed by atoms with Crippen LogP contribution in [0.15, 0.2) is 35.5 Å². The van der Waals surface area contributed by atoms with Crippen LogP contribution in [0.25, 0.3) is 0 Å². The molecule has 0 spiro atoms. The Morgan fingerprint density at radius 1 is 1.21 bits per heavy atom. The lowest BCUT2D eigenvalue weighted by Gasteiger charge is -2.31. The standard InChI is InChI=1S/C20H24N4O4/c1-22-14-11-24(12-16(25)23-9-5-6-10-23)19(26)17(14)18(21-20(22)27)13-7-3-4-8-15(13)28-2/h3-4,7-8,18H,5-6,9-12H2,1-2H3,(H,21,27). The molecule has 1 fully saturated rings. The maximum Gasteiger partial charge on any atom is 0.322 e. The third-order valence-corrected chi connectivity index (χ3v) is 5.67. The minimum atomic E-state index is -0.603. The van der Waals surface area contributed by atoms with Gasteiger partial charge in [-0.25, -0.2) is 4.79 Å². The molecule has 0 radical (unpaired) electrons. The van der Waals surface area contributed by atoms with E-state index in [9.17, 15) is 14.4 Å². The monoisotopic (exact) mass is 384 g/mol. The van der Waals surface area contributed by atoms with Gasteiger partial charge in [0.15, 0.2) is 0 Å². The molecule has 3 aliphatic heterocycles. The summed E-state index contributed by atoms with van der Waals surface area (Å²) in [6.07, 6.45) is 2.01. The van der Waals surface area contributed by atoms with Gasteiger partial charge in [-0.05, 0) is 18.9 Å². The zero-order valence-corrected chi connectivity index (χ0v) is 16.1. The number of nitrogens with zero attached hydrogens (tertiary/aromatic N) is 3. The third kappa shape index (κ3) is 2.98. The Hall–Kier alpha value is -3.03. The summed E-state index contributed by atoms with van der Waals surface area (Å²) in [7, 11) is 3.20. The van der Waals surface area contributed by atoms with Gasteiger partial charge in [0.2, 0.25) is 5.91 Å². The number of benzene rings is 1. The molecule has 4 rings (SSSR count). The first kappa shape index (κ1) is 18.3. The second-order valence-corrected chi connectivity index (χ2v) is 7.29. The van der Waals surface area contributed by atoms with E-state index in [4.69, 9.17) is 4.74 Å². The summed E-state index contributed by atoms with van der Waals surface area (Å²) in [5.74, 6) is 0.343. The quantitative estimate of drug-likeness (QED) is 0.843. The molecular weight excluding hydrogens is 360 g/mol. The number of hydrogen-bond donors (Lipinski definition) is 1. The minimum Gasteiger partial charge on any atom is -0.496 e. The highest BCUT2D eigenvalue weighted by molar-refractivity contribution is 6.03. The van der Waals surface area contributed by atoms with Gasteiger partial charge in [0, 0.05) is 25.7 Å². The van der Waals surface area contributed by atoms with Crippen LogP contribution < -0.4 is 10.1 Å². The maximum absolute atomic E-state index is 13.2. The van der Waals surface area contributed by atoms with Crippen LogP contribution >= 0.6 is 0 Å². The second kappa shape index (κ2) is 7.18. The Morgan fingerprint density at radius 2 is 1.93 bits per heavy atom. The van der Waals surface area contributed by atoms with E-state index < -0.39 is 6.04 Å². The smallest absolute Gasteiger partial charge is 0.322 e. The number of para-hydroxylation sites is 1. The Bertz CT molecular complexity index is 860. The highest BCUT2D eigenvalue weighted by Crippen LogP contribution is 2.38. The van der Waals surface area contributed by atoms with Crippen molar-refractivity contribution in [2.45, 2.75) is 18.9 Å². The number of ether oxygens (including phenoxy) is 1. The van der Waals surface area contributed by atoms with Crippen LogP contribution in [0.3, 0.4) is 0 Å². The lowest BCUT2D eigenvalue weighted by Crippen LogP contribution is -2.45. The number of carbonyl (C=O) groups is 3. The van der Waals surface area contributed by atoms with Crippen molar-refractivity contribution in [3.8, 4) is 5.75 Å². The highest BCUT2D eigenvalue weighted by Gasteiger charge is 2.44. The normalized spacial score (nSPS) is 21.9. The maximum atomic E-state index is 13.2. The number of amides is 4. The fraction of sp³-hybridized carbons (Fsp3) is 0.450. The summed E-state index contributed by atoms with van der Waals surface area (Å²) in [5.41, 5.74) is 1.86. The Kier molecular flexibility index (Phi) is 4.70. The van der Waals surface area contributed by atoms with Crippen molar-refractivity contribution >= 4 is 17.8 Å². The van der Waals surface area contributed by atoms with E-state index >= 15 is 0 Å². The van der Waals surface area contributed by atoms with Gasteiger partial charge in [-0.2, -0.15) is 0 Å². The van der Waals surface area contributed by atoms with E-state index in [-0.39, 0.29) is 30.9 Å². The molecule has 3 aliphatic rings. The van der Waals surface area contributed by atoms with Gasteiger partial charge in [-0.15, -0.1) is 0 Å². The average molecular weight is 384 g/mol. The molecule has 0 bridgehead atoms. The first-order chi connectivity index (χ1) is 13.5. The van der Waals surface area contributed by atoms with Gasteiger partial charge in [0.25, 0.3) is 5.91 Å². The van der Waals surface area contributed by atoms with Gasteiger partial charge < -0.3 is 19.9 Å². The molecule has 1 atom stereocenters. The lowest BCUT2D eigenvalue weighted by atomic mass is 9.95. The largest absolute Gasteiger partial charge is 0.496 e. The first-order valence-electron chi connectivity index (χ1n) is 9.48. The molecule has 28 heavy (non-hydrogen) atoms. The summed E-state index contributed by atoms with van der Waals surface area (Å²) in [4.78, 5) is 43.0. The van der Waals surface area contributed by atoms with Gasteiger partial charge in [-0.3, -0.25) is 14.5 Å². The lowest BCUT2D eigenvalue weighted by molar-refractivity contribution is -0.137. The molecule has 1 aromatic carbocycles. The molecule has 1 saturated heterocycles. The minimum absolute atomic E-state index is 0.0342. The van der Waals surface area contributed by atoms with Gasteiger partial charge in [0.05, 0.1) is 31.0 Å². The molecule has 8 heteroatoms. The number of urea groups is 1. The molecule has 1 unspecified atom stereocenters. The molecule has 0 aromatic heterocycles. The van der Waals surface area contributed by atoms with Gasteiger partial charge >= 0.3 is 6.03 Å². The van der Waals surface area contributed by atoms with Gasteiger partial charge in [-0.1, -0.05) is 18.2 Å². The highest BCUT2D eigenvalue weighted by atomic mass is 16.5. The number of rotatable bonds is 4. The Balaban J connectivity index is 1.63. The molecule has 0 saturated carbocycles. The third-order valence-electron chi connectivity index (χ3n) is 5.67. The molecular formula is C20H24N4O4. The Labute approximate surface area is 163 Å². The van der Waals surface area contributed by atoms with E-state index in [1.807, 2.05) is 18.2 Å². The molecule has 148 valence electrons. The van der Waals surface area contributed by atoms with Crippen LogP contribution in [0.4, 0.5) is 4.79 Å².